The SMILES string of the molecule is CC/C=C/C/C=C/C/C=C/C/C=C/CCCCCCCCC(=O)OC(COCCC(C(=O)[O-])[N+](C)(C)C)COC(=O)CCCCC/C=C/C=C/CCCCCCCCC. The number of nitrogens with zero attached hydrogens (tertiary/aromatic N) is 1. The summed E-state index contributed by atoms with van der Waals surface area (Å²) in [6, 6.07) is -0.736. The van der Waals surface area contributed by atoms with Gasteiger partial charge in [0.15, 0.2) is 6.10 Å². The number of aliphatic carboxylic acids is 1. The summed E-state index contributed by atoms with van der Waals surface area (Å²) in [5.74, 6) is -1.79. The molecular formula is C51H87NO7. The van der Waals surface area contributed by atoms with Crippen molar-refractivity contribution in [2.45, 2.75) is 193 Å². The third-order valence-corrected chi connectivity index (χ3v) is 10.1. The summed E-state index contributed by atoms with van der Waals surface area (Å²) in [7, 11) is 5.39. The van der Waals surface area contributed by atoms with Crippen LogP contribution in [0.2, 0.25) is 0 Å². The highest BCUT2D eigenvalue weighted by Gasteiger charge is 2.25. The standard InChI is InChI=1S/C51H87NO7/c1-6-8-10-12-14-16-18-20-22-24-25-26-28-30-32-34-36-38-40-42-50(54)59-47(45-57-44-43-48(51(55)56)52(3,4)5)46-58-49(53)41-39-37-35-33-31-29-27-23-21-19-17-15-13-11-9-7-2/h8,10,14,16,20,22-23,25-27,29,31,47-48H,6-7,9,11-13,15,17-19,21,24,28,30,32-46H2,1-5H3/b10-8+,16-14+,22-20+,26-25+,27-23+,31-29+. The first kappa shape index (κ1) is 55.8. The van der Waals surface area contributed by atoms with Crippen molar-refractivity contribution in [3.8, 4) is 0 Å². The van der Waals surface area contributed by atoms with Crippen LogP contribution >= 0.6 is 0 Å². The van der Waals surface area contributed by atoms with E-state index >= 15 is 0 Å². The second-order valence-corrected chi connectivity index (χ2v) is 16.6. The van der Waals surface area contributed by atoms with E-state index in [1.54, 1.807) is 21.1 Å². The number of carboxylic acid groups (broad SMARTS) is 1. The molecule has 0 N–H and O–H groups in total. The third kappa shape index (κ3) is 40.0. The van der Waals surface area contributed by atoms with Crippen molar-refractivity contribution < 1.29 is 38.2 Å². The molecule has 0 radical (unpaired) electrons. The first-order valence-electron chi connectivity index (χ1n) is 23.5. The maximum absolute atomic E-state index is 12.7. The summed E-state index contributed by atoms with van der Waals surface area (Å²) in [6.07, 6.45) is 52.1. The molecule has 0 bridgehead atoms. The molecule has 0 spiro atoms. The quantitative estimate of drug-likeness (QED) is 0.0199. The largest absolute Gasteiger partial charge is 0.544 e. The second-order valence-electron chi connectivity index (χ2n) is 16.6. The highest BCUT2D eigenvalue weighted by atomic mass is 16.6. The van der Waals surface area contributed by atoms with Gasteiger partial charge in [-0.2, -0.15) is 0 Å². The lowest BCUT2D eigenvalue weighted by Crippen LogP contribution is -2.55. The van der Waals surface area contributed by atoms with Crippen molar-refractivity contribution in [3.63, 3.8) is 0 Å². The summed E-state index contributed by atoms with van der Waals surface area (Å²) < 4.78 is 17.2. The molecular weight excluding hydrogens is 739 g/mol. The van der Waals surface area contributed by atoms with Gasteiger partial charge < -0.3 is 28.6 Å². The Labute approximate surface area is 361 Å². The summed E-state index contributed by atoms with van der Waals surface area (Å²) in [6.45, 7) is 4.49. The highest BCUT2D eigenvalue weighted by molar-refractivity contribution is 5.70. The van der Waals surface area contributed by atoms with Crippen LogP contribution in [-0.2, 0) is 28.6 Å². The van der Waals surface area contributed by atoms with E-state index in [1.807, 2.05) is 0 Å². The molecule has 8 heteroatoms. The number of rotatable bonds is 41. The molecule has 8 nitrogen and oxygen atoms in total. The molecule has 0 aromatic heterocycles. The average molecular weight is 826 g/mol. The lowest BCUT2D eigenvalue weighted by atomic mass is 10.1. The summed E-state index contributed by atoms with van der Waals surface area (Å²) in [4.78, 5) is 36.9. The predicted molar refractivity (Wildman–Crippen MR) is 245 cm³/mol. The van der Waals surface area contributed by atoms with Gasteiger partial charge in [-0.05, 0) is 77.0 Å². The lowest BCUT2D eigenvalue weighted by Gasteiger charge is -2.34. The van der Waals surface area contributed by atoms with E-state index < -0.39 is 18.1 Å². The number of ether oxygens (including phenoxy) is 3. The molecule has 0 rings (SSSR count). The second kappa shape index (κ2) is 41.5. The van der Waals surface area contributed by atoms with Gasteiger partial charge in [0.1, 0.15) is 12.6 Å². The van der Waals surface area contributed by atoms with Crippen LogP contribution < -0.4 is 5.11 Å². The summed E-state index contributed by atoms with van der Waals surface area (Å²) >= 11 is 0. The van der Waals surface area contributed by atoms with Gasteiger partial charge in [-0.3, -0.25) is 9.59 Å². The van der Waals surface area contributed by atoms with Crippen LogP contribution in [-0.4, -0.2) is 75.5 Å². The molecule has 0 amide bonds. The molecule has 0 aliphatic heterocycles. The van der Waals surface area contributed by atoms with E-state index in [2.05, 4.69) is 86.8 Å². The minimum atomic E-state index is -1.13. The minimum Gasteiger partial charge on any atom is -0.544 e. The molecule has 59 heavy (non-hydrogen) atoms. The van der Waals surface area contributed by atoms with E-state index in [4.69, 9.17) is 14.2 Å². The van der Waals surface area contributed by atoms with Crippen LogP contribution in [0.15, 0.2) is 72.9 Å². The van der Waals surface area contributed by atoms with E-state index in [9.17, 15) is 19.5 Å². The Hall–Kier alpha value is -3.23. The van der Waals surface area contributed by atoms with Crippen molar-refractivity contribution in [1.29, 1.82) is 0 Å². The normalized spacial score (nSPS) is 13.6. The number of carboxylic acids is 1. The molecule has 0 aliphatic carbocycles. The number of esters is 2. The Morgan fingerprint density at radius 3 is 1.53 bits per heavy atom. The molecule has 0 saturated heterocycles. The Morgan fingerprint density at radius 2 is 1.00 bits per heavy atom. The first-order valence-corrected chi connectivity index (χ1v) is 23.5. The first-order chi connectivity index (χ1) is 28.6. The van der Waals surface area contributed by atoms with Gasteiger partial charge in [0, 0.05) is 19.3 Å². The zero-order valence-electron chi connectivity index (χ0n) is 38.4. The Balaban J connectivity index is 4.39. The van der Waals surface area contributed by atoms with Crippen LogP contribution in [0, 0.1) is 0 Å². The molecule has 0 saturated carbocycles. The van der Waals surface area contributed by atoms with Gasteiger partial charge in [0.2, 0.25) is 0 Å². The van der Waals surface area contributed by atoms with Crippen LogP contribution in [0.5, 0.6) is 0 Å². The maximum Gasteiger partial charge on any atom is 0.306 e. The fourth-order valence-electron chi connectivity index (χ4n) is 6.46. The number of unbranched alkanes of at least 4 members (excludes halogenated alkanes) is 16. The molecule has 0 heterocycles. The predicted octanol–water partition coefficient (Wildman–Crippen LogP) is 11.8. The molecule has 2 unspecified atom stereocenters. The van der Waals surface area contributed by atoms with Crippen molar-refractivity contribution >= 4 is 17.9 Å². The molecule has 0 aliphatic rings. The van der Waals surface area contributed by atoms with E-state index in [-0.39, 0.29) is 42.7 Å². The van der Waals surface area contributed by atoms with Gasteiger partial charge in [-0.25, -0.2) is 0 Å². The van der Waals surface area contributed by atoms with Gasteiger partial charge in [0.05, 0.1) is 40.3 Å². The monoisotopic (exact) mass is 826 g/mol. The number of hydrogen-bond donors (Lipinski definition) is 0. The molecule has 0 fully saturated rings. The smallest absolute Gasteiger partial charge is 0.306 e. The van der Waals surface area contributed by atoms with Crippen LogP contribution in [0.1, 0.15) is 181 Å². The van der Waals surface area contributed by atoms with Crippen molar-refractivity contribution in [2.75, 3.05) is 41.0 Å². The summed E-state index contributed by atoms with van der Waals surface area (Å²) in [5.41, 5.74) is 0. The highest BCUT2D eigenvalue weighted by Crippen LogP contribution is 2.13. The average Bonchev–Trinajstić information content (AvgIpc) is 3.19. The van der Waals surface area contributed by atoms with Gasteiger partial charge in [0.25, 0.3) is 0 Å². The van der Waals surface area contributed by atoms with Crippen molar-refractivity contribution in [2.24, 2.45) is 0 Å². The number of carbonyl (C=O) groups is 3. The topological polar surface area (TPSA) is 102 Å². The van der Waals surface area contributed by atoms with Crippen molar-refractivity contribution in [1.82, 2.24) is 0 Å². The summed E-state index contributed by atoms with van der Waals surface area (Å²) in [5, 5.41) is 11.6. The molecule has 0 aromatic carbocycles. The van der Waals surface area contributed by atoms with Gasteiger partial charge in [-0.1, -0.05) is 157 Å². The molecule has 338 valence electrons. The Bertz CT molecular complexity index is 1190. The van der Waals surface area contributed by atoms with Crippen LogP contribution in [0.25, 0.3) is 0 Å². The lowest BCUT2D eigenvalue weighted by molar-refractivity contribution is -0.889. The van der Waals surface area contributed by atoms with Crippen LogP contribution in [0.3, 0.4) is 0 Å². The fourth-order valence-corrected chi connectivity index (χ4v) is 6.46. The zero-order valence-corrected chi connectivity index (χ0v) is 38.4. The number of likely N-dealkylation sites (N-methyl/N-ethyl adjacent to an activating group) is 1. The van der Waals surface area contributed by atoms with Gasteiger partial charge in [-0.15, -0.1) is 0 Å². The number of hydrogen-bond acceptors (Lipinski definition) is 7. The maximum atomic E-state index is 12.7. The van der Waals surface area contributed by atoms with Gasteiger partial charge >= 0.3 is 11.9 Å². The zero-order chi connectivity index (χ0) is 43.5. The van der Waals surface area contributed by atoms with Crippen LogP contribution in [0.4, 0.5) is 0 Å². The number of quaternary nitrogens is 1. The Morgan fingerprint density at radius 1 is 0.542 bits per heavy atom. The number of allylic oxidation sites excluding steroid dienone is 12. The fraction of sp³-hybridized carbons (Fsp3) is 0.706. The van der Waals surface area contributed by atoms with E-state index in [0.29, 0.717) is 12.8 Å². The van der Waals surface area contributed by atoms with Crippen molar-refractivity contribution in [3.05, 3.63) is 72.9 Å². The third-order valence-electron chi connectivity index (χ3n) is 10.1. The minimum absolute atomic E-state index is 0.0229. The Kier molecular flexibility index (Phi) is 39.2. The molecule has 0 aromatic rings. The molecule has 2 atom stereocenters. The van der Waals surface area contributed by atoms with E-state index in [0.717, 1.165) is 89.9 Å². The van der Waals surface area contributed by atoms with E-state index in [1.165, 1.54) is 57.8 Å². The number of carbonyl (C=O) groups excluding carboxylic acids is 3.